The van der Waals surface area contributed by atoms with Gasteiger partial charge in [0.05, 0.1) is 11.0 Å². The van der Waals surface area contributed by atoms with E-state index in [-0.39, 0.29) is 17.9 Å². The number of hydrogen-bond acceptors (Lipinski definition) is 3. The third kappa shape index (κ3) is 4.03. The molecule has 0 bridgehead atoms. The summed E-state index contributed by atoms with van der Waals surface area (Å²) in [5.74, 6) is -2.32. The van der Waals surface area contributed by atoms with Crippen LogP contribution in [0.2, 0.25) is 0 Å². The second-order valence-electron chi connectivity index (χ2n) is 3.61. The minimum atomic E-state index is -3.86. The number of aliphatic hydroxyl groups excluding tert-OH is 1. The highest BCUT2D eigenvalue weighted by Crippen LogP contribution is 2.13. The molecule has 1 atom stereocenters. The molecule has 0 radical (unpaired) electrons. The van der Waals surface area contributed by atoms with Crippen LogP contribution in [0.1, 0.15) is 13.3 Å². The van der Waals surface area contributed by atoms with Crippen LogP contribution in [0, 0.1) is 11.6 Å². The standard InChI is InChI=1S/C10H13F2NO3S/c1-7(14)4-5-13-17(15,16)8-2-3-9(11)10(12)6-8/h2-3,6-7,13-14H,4-5H2,1H3. The van der Waals surface area contributed by atoms with Crippen LogP contribution in [0.15, 0.2) is 23.1 Å². The zero-order valence-corrected chi connectivity index (χ0v) is 9.97. The van der Waals surface area contributed by atoms with Gasteiger partial charge in [0.15, 0.2) is 11.6 Å². The highest BCUT2D eigenvalue weighted by Gasteiger charge is 2.16. The summed E-state index contributed by atoms with van der Waals surface area (Å²) in [6.45, 7) is 1.55. The molecular formula is C10H13F2NO3S. The lowest BCUT2D eigenvalue weighted by atomic mass is 10.3. The number of aliphatic hydroxyl groups is 1. The van der Waals surface area contributed by atoms with Crippen LogP contribution < -0.4 is 4.72 Å². The highest BCUT2D eigenvalue weighted by atomic mass is 32.2. The van der Waals surface area contributed by atoms with E-state index in [0.717, 1.165) is 12.1 Å². The summed E-state index contributed by atoms with van der Waals surface area (Å²) in [4.78, 5) is -0.345. The predicted molar refractivity (Wildman–Crippen MR) is 57.8 cm³/mol. The Balaban J connectivity index is 2.79. The van der Waals surface area contributed by atoms with Crippen LogP contribution in [-0.2, 0) is 10.0 Å². The second kappa shape index (κ2) is 5.52. The summed E-state index contributed by atoms with van der Waals surface area (Å²) in [5.41, 5.74) is 0. The van der Waals surface area contributed by atoms with E-state index in [2.05, 4.69) is 4.72 Å². The fourth-order valence-electron chi connectivity index (χ4n) is 1.13. The average molecular weight is 265 g/mol. The molecule has 7 heteroatoms. The second-order valence-corrected chi connectivity index (χ2v) is 5.38. The monoisotopic (exact) mass is 265 g/mol. The Labute approximate surface area is 98.3 Å². The van der Waals surface area contributed by atoms with Crippen LogP contribution in [0.4, 0.5) is 8.78 Å². The average Bonchev–Trinajstić information content (AvgIpc) is 2.21. The van der Waals surface area contributed by atoms with Crippen molar-refractivity contribution in [3.8, 4) is 0 Å². The SMILES string of the molecule is CC(O)CCNS(=O)(=O)c1ccc(F)c(F)c1. The molecule has 1 rings (SSSR count). The molecule has 0 aliphatic rings. The minimum absolute atomic E-state index is 0.0268. The van der Waals surface area contributed by atoms with Gasteiger partial charge in [0.1, 0.15) is 0 Å². The van der Waals surface area contributed by atoms with E-state index >= 15 is 0 Å². The summed E-state index contributed by atoms with van der Waals surface area (Å²) in [6.07, 6.45) is -0.397. The maximum Gasteiger partial charge on any atom is 0.240 e. The summed E-state index contributed by atoms with van der Waals surface area (Å²) in [7, 11) is -3.86. The van der Waals surface area contributed by atoms with Crippen molar-refractivity contribution < 1.29 is 22.3 Å². The first-order valence-corrected chi connectivity index (χ1v) is 6.44. The Morgan fingerprint density at radius 2 is 2.00 bits per heavy atom. The molecule has 0 aliphatic heterocycles. The molecule has 96 valence electrons. The number of sulfonamides is 1. The Bertz CT molecular complexity index is 488. The van der Waals surface area contributed by atoms with Gasteiger partial charge in [-0.15, -0.1) is 0 Å². The molecule has 0 aromatic heterocycles. The molecular weight excluding hydrogens is 252 g/mol. The van der Waals surface area contributed by atoms with Crippen molar-refractivity contribution in [2.75, 3.05) is 6.54 Å². The zero-order valence-electron chi connectivity index (χ0n) is 9.15. The van der Waals surface area contributed by atoms with Crippen LogP contribution in [0.3, 0.4) is 0 Å². The van der Waals surface area contributed by atoms with Gasteiger partial charge in [0.25, 0.3) is 0 Å². The van der Waals surface area contributed by atoms with E-state index in [0.29, 0.717) is 6.07 Å². The quantitative estimate of drug-likeness (QED) is 0.835. The van der Waals surface area contributed by atoms with Crippen molar-refractivity contribution in [3.63, 3.8) is 0 Å². The van der Waals surface area contributed by atoms with E-state index in [1.807, 2.05) is 0 Å². The van der Waals surface area contributed by atoms with E-state index in [1.165, 1.54) is 6.92 Å². The van der Waals surface area contributed by atoms with Gasteiger partial charge in [0.2, 0.25) is 10.0 Å². The van der Waals surface area contributed by atoms with Crippen molar-refractivity contribution in [1.29, 1.82) is 0 Å². The molecule has 1 aromatic rings. The van der Waals surface area contributed by atoms with Crippen molar-refractivity contribution in [2.24, 2.45) is 0 Å². The number of rotatable bonds is 5. The smallest absolute Gasteiger partial charge is 0.240 e. The van der Waals surface area contributed by atoms with Gasteiger partial charge in [0, 0.05) is 6.54 Å². The maximum atomic E-state index is 12.9. The Morgan fingerprint density at radius 3 is 2.53 bits per heavy atom. The van der Waals surface area contributed by atoms with Crippen LogP contribution in [0.5, 0.6) is 0 Å². The Hall–Kier alpha value is -1.05. The van der Waals surface area contributed by atoms with Crippen LogP contribution in [-0.4, -0.2) is 26.2 Å². The van der Waals surface area contributed by atoms with Gasteiger partial charge >= 0.3 is 0 Å². The highest BCUT2D eigenvalue weighted by molar-refractivity contribution is 7.89. The van der Waals surface area contributed by atoms with Gasteiger partial charge in [-0.1, -0.05) is 0 Å². The molecule has 0 aliphatic carbocycles. The summed E-state index contributed by atoms with van der Waals surface area (Å²) in [6, 6.07) is 2.34. The van der Waals surface area contributed by atoms with Gasteiger partial charge in [-0.3, -0.25) is 0 Å². The summed E-state index contributed by atoms with van der Waals surface area (Å²) in [5, 5.41) is 8.96. The molecule has 1 unspecified atom stereocenters. The third-order valence-corrected chi connectivity index (χ3v) is 3.51. The molecule has 1 aromatic carbocycles. The normalized spacial score (nSPS) is 13.6. The molecule has 0 amide bonds. The number of hydrogen-bond donors (Lipinski definition) is 2. The van der Waals surface area contributed by atoms with Crippen molar-refractivity contribution in [2.45, 2.75) is 24.3 Å². The summed E-state index contributed by atoms with van der Waals surface area (Å²) >= 11 is 0. The van der Waals surface area contributed by atoms with Crippen LogP contribution >= 0.6 is 0 Å². The fourth-order valence-corrected chi connectivity index (χ4v) is 2.19. The molecule has 0 heterocycles. The minimum Gasteiger partial charge on any atom is -0.393 e. The largest absolute Gasteiger partial charge is 0.393 e. The fraction of sp³-hybridized carbons (Fsp3) is 0.400. The van der Waals surface area contributed by atoms with Crippen molar-refractivity contribution in [3.05, 3.63) is 29.8 Å². The van der Waals surface area contributed by atoms with E-state index < -0.39 is 27.8 Å². The number of halogens is 2. The number of nitrogens with one attached hydrogen (secondary N) is 1. The third-order valence-electron chi connectivity index (χ3n) is 2.06. The first-order chi connectivity index (χ1) is 7.83. The predicted octanol–water partition coefficient (Wildman–Crippen LogP) is 1.01. The van der Waals surface area contributed by atoms with Crippen molar-refractivity contribution >= 4 is 10.0 Å². The first kappa shape index (κ1) is 14.0. The van der Waals surface area contributed by atoms with Gasteiger partial charge < -0.3 is 5.11 Å². The van der Waals surface area contributed by atoms with Crippen LogP contribution in [0.25, 0.3) is 0 Å². The Morgan fingerprint density at radius 1 is 1.35 bits per heavy atom. The molecule has 0 saturated carbocycles. The molecule has 4 nitrogen and oxygen atoms in total. The Kier molecular flexibility index (Phi) is 4.55. The lowest BCUT2D eigenvalue weighted by Crippen LogP contribution is -2.26. The lowest BCUT2D eigenvalue weighted by molar-refractivity contribution is 0.186. The lowest BCUT2D eigenvalue weighted by Gasteiger charge is -2.08. The maximum absolute atomic E-state index is 12.9. The van der Waals surface area contributed by atoms with E-state index in [1.54, 1.807) is 0 Å². The first-order valence-electron chi connectivity index (χ1n) is 4.95. The molecule has 0 fully saturated rings. The number of benzene rings is 1. The molecule has 17 heavy (non-hydrogen) atoms. The summed E-state index contributed by atoms with van der Waals surface area (Å²) < 4.78 is 50.8. The van der Waals surface area contributed by atoms with E-state index in [9.17, 15) is 17.2 Å². The molecule has 0 saturated heterocycles. The van der Waals surface area contributed by atoms with Gasteiger partial charge in [-0.25, -0.2) is 21.9 Å². The van der Waals surface area contributed by atoms with Gasteiger partial charge in [-0.05, 0) is 31.5 Å². The molecule has 0 spiro atoms. The van der Waals surface area contributed by atoms with E-state index in [4.69, 9.17) is 5.11 Å². The van der Waals surface area contributed by atoms with Crippen molar-refractivity contribution in [1.82, 2.24) is 4.72 Å². The molecule has 2 N–H and O–H groups in total. The topological polar surface area (TPSA) is 66.4 Å². The van der Waals surface area contributed by atoms with Gasteiger partial charge in [-0.2, -0.15) is 0 Å². The zero-order chi connectivity index (χ0) is 13.1.